The van der Waals surface area contributed by atoms with Gasteiger partial charge in [0.1, 0.15) is 5.54 Å². The van der Waals surface area contributed by atoms with E-state index in [2.05, 4.69) is 17.1 Å². The van der Waals surface area contributed by atoms with Gasteiger partial charge in [0.25, 0.3) is 0 Å². The zero-order chi connectivity index (χ0) is 15.1. The maximum absolute atomic E-state index is 12.0. The van der Waals surface area contributed by atoms with Gasteiger partial charge in [0, 0.05) is 12.6 Å². The van der Waals surface area contributed by atoms with E-state index >= 15 is 0 Å². The molecule has 0 aromatic rings. The molecule has 0 amide bonds. The number of carboxylic acids is 1. The van der Waals surface area contributed by atoms with E-state index in [4.69, 9.17) is 0 Å². The molecule has 1 aliphatic heterocycles. The van der Waals surface area contributed by atoms with Gasteiger partial charge in [-0.2, -0.15) is 0 Å². The number of aliphatic carboxylic acids is 1. The van der Waals surface area contributed by atoms with Crippen LogP contribution < -0.4 is 5.32 Å². The first-order valence-electron chi connectivity index (χ1n) is 8.90. The molecule has 0 radical (unpaired) electrons. The van der Waals surface area contributed by atoms with Crippen LogP contribution in [-0.2, 0) is 4.79 Å². The molecule has 0 aromatic heterocycles. The maximum atomic E-state index is 12.0. The predicted molar refractivity (Wildman–Crippen MR) is 85.6 cm³/mol. The lowest BCUT2D eigenvalue weighted by atomic mass is 9.88. The standard InChI is InChI=1S/C17H32N2O2/c1-2-12-19-13-7-10-17(11-14-19,16(20)21)18-15-8-5-3-4-6-9-15/h15,18H,2-14H2,1H3,(H,20,21). The molecule has 2 N–H and O–H groups in total. The Morgan fingerprint density at radius 3 is 2.48 bits per heavy atom. The highest BCUT2D eigenvalue weighted by Crippen LogP contribution is 2.27. The molecule has 0 spiro atoms. The van der Waals surface area contributed by atoms with Crippen LogP contribution in [0.5, 0.6) is 0 Å². The van der Waals surface area contributed by atoms with Gasteiger partial charge in [0.05, 0.1) is 0 Å². The van der Waals surface area contributed by atoms with Crippen molar-refractivity contribution in [2.75, 3.05) is 19.6 Å². The summed E-state index contributed by atoms with van der Waals surface area (Å²) in [4.78, 5) is 14.4. The SMILES string of the molecule is CCCN1CCCC(NC2CCCCCC2)(C(=O)O)CC1. The van der Waals surface area contributed by atoms with Crippen molar-refractivity contribution in [3.8, 4) is 0 Å². The summed E-state index contributed by atoms with van der Waals surface area (Å²) in [6, 6.07) is 0.404. The number of carboxylic acid groups (broad SMARTS) is 1. The van der Waals surface area contributed by atoms with Crippen molar-refractivity contribution >= 4 is 5.97 Å². The van der Waals surface area contributed by atoms with Gasteiger partial charge in [-0.25, -0.2) is 0 Å². The van der Waals surface area contributed by atoms with Crippen LogP contribution in [0.15, 0.2) is 0 Å². The first-order chi connectivity index (χ1) is 10.2. The molecule has 2 rings (SSSR count). The largest absolute Gasteiger partial charge is 0.480 e. The first kappa shape index (κ1) is 16.8. The fraction of sp³-hybridized carbons (Fsp3) is 0.941. The Labute approximate surface area is 129 Å². The van der Waals surface area contributed by atoms with Gasteiger partial charge in [-0.05, 0) is 51.6 Å². The smallest absolute Gasteiger partial charge is 0.323 e. The van der Waals surface area contributed by atoms with E-state index in [9.17, 15) is 9.90 Å². The van der Waals surface area contributed by atoms with E-state index in [1.165, 1.54) is 25.7 Å². The molecule has 4 heteroatoms. The van der Waals surface area contributed by atoms with Crippen molar-refractivity contribution in [3.05, 3.63) is 0 Å². The van der Waals surface area contributed by atoms with Gasteiger partial charge in [0.2, 0.25) is 0 Å². The molecule has 122 valence electrons. The molecule has 4 nitrogen and oxygen atoms in total. The average Bonchev–Trinajstić information content (AvgIpc) is 2.82. The van der Waals surface area contributed by atoms with Gasteiger partial charge >= 0.3 is 5.97 Å². The summed E-state index contributed by atoms with van der Waals surface area (Å²) in [5.41, 5.74) is -0.683. The summed E-state index contributed by atoms with van der Waals surface area (Å²) in [7, 11) is 0. The normalized spacial score (nSPS) is 29.8. The van der Waals surface area contributed by atoms with Crippen molar-refractivity contribution in [3.63, 3.8) is 0 Å². The quantitative estimate of drug-likeness (QED) is 0.766. The van der Waals surface area contributed by atoms with E-state index < -0.39 is 11.5 Å². The van der Waals surface area contributed by atoms with Crippen molar-refractivity contribution < 1.29 is 9.90 Å². The Morgan fingerprint density at radius 2 is 1.86 bits per heavy atom. The number of nitrogens with one attached hydrogen (secondary N) is 1. The van der Waals surface area contributed by atoms with E-state index in [0.29, 0.717) is 6.04 Å². The molecule has 0 bridgehead atoms. The van der Waals surface area contributed by atoms with Crippen molar-refractivity contribution in [1.29, 1.82) is 0 Å². The van der Waals surface area contributed by atoms with E-state index in [1.807, 2.05) is 0 Å². The number of carbonyl (C=O) groups is 1. The Hall–Kier alpha value is -0.610. The molecule has 21 heavy (non-hydrogen) atoms. The fourth-order valence-electron chi connectivity index (χ4n) is 3.96. The number of rotatable bonds is 5. The number of hydrogen-bond donors (Lipinski definition) is 2. The zero-order valence-electron chi connectivity index (χ0n) is 13.6. The second-order valence-corrected chi connectivity index (χ2v) is 6.92. The van der Waals surface area contributed by atoms with Crippen molar-refractivity contribution in [2.45, 2.75) is 82.7 Å². The van der Waals surface area contributed by atoms with Gasteiger partial charge in [-0.1, -0.05) is 32.6 Å². The topological polar surface area (TPSA) is 52.6 Å². The monoisotopic (exact) mass is 296 g/mol. The first-order valence-corrected chi connectivity index (χ1v) is 8.90. The van der Waals surface area contributed by atoms with Crippen LogP contribution in [0.3, 0.4) is 0 Å². The van der Waals surface area contributed by atoms with Crippen molar-refractivity contribution in [2.24, 2.45) is 0 Å². The molecule has 1 aliphatic carbocycles. The van der Waals surface area contributed by atoms with Crippen molar-refractivity contribution in [1.82, 2.24) is 10.2 Å². The van der Waals surface area contributed by atoms with Gasteiger partial charge < -0.3 is 10.0 Å². The third kappa shape index (κ3) is 4.68. The molecule has 0 aromatic carbocycles. The molecule has 1 saturated carbocycles. The third-order valence-corrected chi connectivity index (χ3v) is 5.22. The molecule has 1 unspecified atom stereocenters. The van der Waals surface area contributed by atoms with Crippen LogP contribution in [0.2, 0.25) is 0 Å². The van der Waals surface area contributed by atoms with Crippen LogP contribution in [-0.4, -0.2) is 47.2 Å². The lowest BCUT2D eigenvalue weighted by molar-refractivity contribution is -0.146. The molecule has 2 aliphatic rings. The van der Waals surface area contributed by atoms with E-state index in [1.54, 1.807) is 0 Å². The summed E-state index contributed by atoms with van der Waals surface area (Å²) in [5.74, 6) is -0.634. The average molecular weight is 296 g/mol. The highest BCUT2D eigenvalue weighted by molar-refractivity contribution is 5.79. The lowest BCUT2D eigenvalue weighted by Crippen LogP contribution is -2.56. The lowest BCUT2D eigenvalue weighted by Gasteiger charge is -2.34. The molecular weight excluding hydrogens is 264 g/mol. The van der Waals surface area contributed by atoms with Gasteiger partial charge in [-0.15, -0.1) is 0 Å². The zero-order valence-corrected chi connectivity index (χ0v) is 13.6. The summed E-state index contributed by atoms with van der Waals surface area (Å²) in [5, 5.41) is 13.4. The number of nitrogens with zero attached hydrogens (tertiary/aromatic N) is 1. The summed E-state index contributed by atoms with van der Waals surface area (Å²) < 4.78 is 0. The van der Waals surface area contributed by atoms with Crippen LogP contribution in [0.25, 0.3) is 0 Å². The van der Waals surface area contributed by atoms with Crippen LogP contribution in [0, 0.1) is 0 Å². The molecular formula is C17H32N2O2. The van der Waals surface area contributed by atoms with Crippen LogP contribution in [0.4, 0.5) is 0 Å². The van der Waals surface area contributed by atoms with E-state index in [0.717, 1.165) is 58.2 Å². The molecule has 1 atom stereocenters. The highest BCUT2D eigenvalue weighted by Gasteiger charge is 2.41. The third-order valence-electron chi connectivity index (χ3n) is 5.22. The van der Waals surface area contributed by atoms with Crippen LogP contribution in [0.1, 0.15) is 71.1 Å². The second kappa shape index (κ2) is 8.14. The fourth-order valence-corrected chi connectivity index (χ4v) is 3.96. The Morgan fingerprint density at radius 1 is 1.14 bits per heavy atom. The highest BCUT2D eigenvalue weighted by atomic mass is 16.4. The summed E-state index contributed by atoms with van der Waals surface area (Å²) >= 11 is 0. The van der Waals surface area contributed by atoms with Crippen LogP contribution >= 0.6 is 0 Å². The maximum Gasteiger partial charge on any atom is 0.323 e. The molecule has 1 saturated heterocycles. The molecule has 1 heterocycles. The minimum absolute atomic E-state index is 0.404. The Kier molecular flexibility index (Phi) is 6.49. The van der Waals surface area contributed by atoms with E-state index in [-0.39, 0.29) is 0 Å². The van der Waals surface area contributed by atoms with Gasteiger partial charge in [-0.3, -0.25) is 10.1 Å². The number of hydrogen-bond acceptors (Lipinski definition) is 3. The summed E-state index contributed by atoms with van der Waals surface area (Å²) in [6.45, 7) is 5.26. The van der Waals surface area contributed by atoms with Gasteiger partial charge in [0.15, 0.2) is 0 Å². The predicted octanol–water partition coefficient (Wildman–Crippen LogP) is 3.02. The second-order valence-electron chi connectivity index (χ2n) is 6.92. The Balaban J connectivity index is 2.00. The summed E-state index contributed by atoms with van der Waals surface area (Å²) in [6.07, 6.45) is 11.1. The molecule has 2 fully saturated rings. The minimum Gasteiger partial charge on any atom is -0.480 e. The Bertz CT molecular complexity index is 327. The number of likely N-dealkylation sites (tertiary alicyclic amines) is 1. The minimum atomic E-state index is -0.683.